The van der Waals surface area contributed by atoms with Gasteiger partial charge in [-0.05, 0) is 38.3 Å². The van der Waals surface area contributed by atoms with Crippen molar-refractivity contribution < 1.29 is 14.7 Å². The number of nitrogens with zero attached hydrogens (tertiary/aromatic N) is 4. The standard InChI is InChI=1S/C25H29ClN6O3S/c1-4-5-9-19-16(10-11-32(19)25(34)35)18-12-21(29-15(3)28-18)30-24-27-13-20(36-24)23(33)31-22-14(2)7-6-8-17(22)26/h6-8,12-13,16,19H,4-5,9-11H2,1-3H3,(H,31,33)(H,34,35)(H,27,28,29,30). The maximum absolute atomic E-state index is 12.8. The molecular weight excluding hydrogens is 500 g/mol. The number of unbranched alkanes of at least 4 members (excludes halogenated alkanes) is 1. The molecule has 2 amide bonds. The minimum absolute atomic E-state index is 0.00592. The second kappa shape index (κ2) is 11.2. The number of aromatic nitrogens is 3. The van der Waals surface area contributed by atoms with Crippen molar-refractivity contribution in [3.05, 3.63) is 57.4 Å². The summed E-state index contributed by atoms with van der Waals surface area (Å²) in [6, 6.07) is 7.19. The number of aryl methyl sites for hydroxylation is 2. The third-order valence-electron chi connectivity index (χ3n) is 6.31. The van der Waals surface area contributed by atoms with Crippen LogP contribution in [0.3, 0.4) is 0 Å². The molecular formula is C25H29ClN6O3S. The Balaban J connectivity index is 1.51. The summed E-state index contributed by atoms with van der Waals surface area (Å²) in [6.07, 6.45) is 4.10. The number of rotatable bonds is 8. The Kier molecular flexibility index (Phi) is 8.05. The molecule has 1 aliphatic heterocycles. The number of carboxylic acid groups (broad SMARTS) is 1. The van der Waals surface area contributed by atoms with Crippen LogP contribution in [0.4, 0.5) is 21.4 Å². The first kappa shape index (κ1) is 25.8. The number of hydrogen-bond acceptors (Lipinski definition) is 7. The van der Waals surface area contributed by atoms with Gasteiger partial charge in [-0.15, -0.1) is 0 Å². The van der Waals surface area contributed by atoms with Crippen LogP contribution in [0.15, 0.2) is 30.5 Å². The maximum atomic E-state index is 12.8. The number of anilines is 3. The third-order valence-corrected chi connectivity index (χ3v) is 7.53. The molecule has 36 heavy (non-hydrogen) atoms. The highest BCUT2D eigenvalue weighted by atomic mass is 35.5. The molecule has 3 aromatic rings. The largest absolute Gasteiger partial charge is 0.465 e. The predicted octanol–water partition coefficient (Wildman–Crippen LogP) is 6.23. The van der Waals surface area contributed by atoms with Crippen molar-refractivity contribution in [3.8, 4) is 0 Å². The van der Waals surface area contributed by atoms with Crippen molar-refractivity contribution in [2.75, 3.05) is 17.2 Å². The van der Waals surface area contributed by atoms with E-state index in [1.165, 1.54) is 22.4 Å². The number of likely N-dealkylation sites (tertiary alicyclic amines) is 1. The molecule has 4 rings (SSSR count). The number of hydrogen-bond donors (Lipinski definition) is 3. The molecule has 1 saturated heterocycles. The fourth-order valence-electron chi connectivity index (χ4n) is 4.56. The van der Waals surface area contributed by atoms with Crippen LogP contribution in [0.5, 0.6) is 0 Å². The first-order valence-corrected chi connectivity index (χ1v) is 13.1. The van der Waals surface area contributed by atoms with Crippen LogP contribution in [0.1, 0.15) is 65.3 Å². The molecule has 1 fully saturated rings. The van der Waals surface area contributed by atoms with Crippen molar-refractivity contribution >= 4 is 51.6 Å². The van der Waals surface area contributed by atoms with Crippen molar-refractivity contribution in [1.29, 1.82) is 0 Å². The van der Waals surface area contributed by atoms with Crippen LogP contribution >= 0.6 is 22.9 Å². The van der Waals surface area contributed by atoms with Gasteiger partial charge in [-0.25, -0.2) is 19.7 Å². The van der Waals surface area contributed by atoms with E-state index in [0.717, 1.165) is 36.9 Å². The van der Waals surface area contributed by atoms with Crippen LogP contribution in [-0.4, -0.2) is 49.5 Å². The lowest BCUT2D eigenvalue weighted by atomic mass is 9.92. The zero-order chi connectivity index (χ0) is 25.8. The van der Waals surface area contributed by atoms with E-state index in [9.17, 15) is 14.7 Å². The number of nitrogens with one attached hydrogen (secondary N) is 2. The summed E-state index contributed by atoms with van der Waals surface area (Å²) in [7, 11) is 0. The van der Waals surface area contributed by atoms with Gasteiger partial charge in [0, 0.05) is 24.6 Å². The Morgan fingerprint density at radius 2 is 2.08 bits per heavy atom. The zero-order valence-electron chi connectivity index (χ0n) is 20.4. The number of thiazole rings is 1. The van der Waals surface area contributed by atoms with E-state index in [2.05, 4.69) is 32.5 Å². The van der Waals surface area contributed by atoms with Crippen molar-refractivity contribution in [3.63, 3.8) is 0 Å². The highest BCUT2D eigenvalue weighted by Crippen LogP contribution is 2.36. The molecule has 0 bridgehead atoms. The Labute approximate surface area is 218 Å². The molecule has 9 nitrogen and oxygen atoms in total. The van der Waals surface area contributed by atoms with Crippen molar-refractivity contribution in [1.82, 2.24) is 19.9 Å². The average Bonchev–Trinajstić information content (AvgIpc) is 3.47. The molecule has 190 valence electrons. The minimum Gasteiger partial charge on any atom is -0.465 e. The highest BCUT2D eigenvalue weighted by molar-refractivity contribution is 7.17. The fraction of sp³-hybridized carbons (Fsp3) is 0.400. The first-order valence-electron chi connectivity index (χ1n) is 11.9. The second-order valence-electron chi connectivity index (χ2n) is 8.85. The summed E-state index contributed by atoms with van der Waals surface area (Å²) in [4.78, 5) is 40.0. The summed E-state index contributed by atoms with van der Waals surface area (Å²) in [5.74, 6) is 0.853. The van der Waals surface area contributed by atoms with Crippen molar-refractivity contribution in [2.24, 2.45) is 0 Å². The normalized spacial score (nSPS) is 17.3. The molecule has 0 aliphatic carbocycles. The van der Waals surface area contributed by atoms with Gasteiger partial charge in [0.2, 0.25) is 0 Å². The summed E-state index contributed by atoms with van der Waals surface area (Å²) < 4.78 is 0. The van der Waals surface area contributed by atoms with Crippen LogP contribution in [0.2, 0.25) is 5.02 Å². The van der Waals surface area contributed by atoms with E-state index < -0.39 is 6.09 Å². The molecule has 1 aromatic carbocycles. The van der Waals surface area contributed by atoms with Crippen LogP contribution in [0.25, 0.3) is 0 Å². The molecule has 3 heterocycles. The van der Waals surface area contributed by atoms with E-state index in [4.69, 9.17) is 11.6 Å². The Hall–Kier alpha value is -3.24. The maximum Gasteiger partial charge on any atom is 0.407 e. The molecule has 0 spiro atoms. The number of halogens is 1. The van der Waals surface area contributed by atoms with Gasteiger partial charge in [0.25, 0.3) is 5.91 Å². The Morgan fingerprint density at radius 1 is 1.28 bits per heavy atom. The zero-order valence-corrected chi connectivity index (χ0v) is 22.0. The number of carbonyl (C=O) groups excluding carboxylic acids is 1. The molecule has 2 aromatic heterocycles. The third kappa shape index (κ3) is 5.76. The average molecular weight is 529 g/mol. The number of benzene rings is 1. The molecule has 11 heteroatoms. The van der Waals surface area contributed by atoms with E-state index >= 15 is 0 Å². The summed E-state index contributed by atoms with van der Waals surface area (Å²) >= 11 is 7.44. The molecule has 3 N–H and O–H groups in total. The van der Waals surface area contributed by atoms with Crippen LogP contribution in [-0.2, 0) is 0 Å². The summed E-state index contributed by atoms with van der Waals surface area (Å²) in [5.41, 5.74) is 2.26. The van der Waals surface area contributed by atoms with Gasteiger partial charge in [-0.1, -0.05) is 54.8 Å². The smallest absolute Gasteiger partial charge is 0.407 e. The number of para-hydroxylation sites is 1. The first-order chi connectivity index (χ1) is 17.3. The minimum atomic E-state index is -0.886. The van der Waals surface area contributed by atoms with E-state index in [0.29, 0.717) is 38.9 Å². The van der Waals surface area contributed by atoms with E-state index in [-0.39, 0.29) is 17.9 Å². The Morgan fingerprint density at radius 3 is 2.81 bits per heavy atom. The second-order valence-corrected chi connectivity index (χ2v) is 10.3. The summed E-state index contributed by atoms with van der Waals surface area (Å²) in [6.45, 7) is 6.29. The number of carbonyl (C=O) groups is 2. The lowest BCUT2D eigenvalue weighted by Gasteiger charge is -2.26. The molecule has 2 unspecified atom stereocenters. The summed E-state index contributed by atoms with van der Waals surface area (Å²) in [5, 5.41) is 16.7. The van der Waals surface area contributed by atoms with Crippen molar-refractivity contribution in [2.45, 2.75) is 58.4 Å². The van der Waals surface area contributed by atoms with Gasteiger partial charge >= 0.3 is 6.09 Å². The fourth-order valence-corrected chi connectivity index (χ4v) is 5.55. The topological polar surface area (TPSA) is 120 Å². The molecule has 0 saturated carbocycles. The van der Waals surface area contributed by atoms with Gasteiger partial charge in [0.05, 0.1) is 22.6 Å². The molecule has 2 atom stereocenters. The van der Waals surface area contributed by atoms with Gasteiger partial charge in [0.1, 0.15) is 16.5 Å². The predicted molar refractivity (Wildman–Crippen MR) is 142 cm³/mol. The SMILES string of the molecule is CCCCC1C(c2cc(Nc3ncc(C(=O)Nc4c(C)cccc4Cl)s3)nc(C)n2)CCN1C(=O)O. The van der Waals surface area contributed by atoms with Crippen LogP contribution in [0, 0.1) is 13.8 Å². The molecule has 1 aliphatic rings. The Bertz CT molecular complexity index is 1250. The van der Waals surface area contributed by atoms with Gasteiger partial charge in [-0.2, -0.15) is 0 Å². The monoisotopic (exact) mass is 528 g/mol. The van der Waals surface area contributed by atoms with Crippen LogP contribution < -0.4 is 10.6 Å². The van der Waals surface area contributed by atoms with E-state index in [1.807, 2.05) is 32.0 Å². The lowest BCUT2D eigenvalue weighted by Crippen LogP contribution is -2.36. The number of amides is 2. The van der Waals surface area contributed by atoms with E-state index in [1.54, 1.807) is 6.07 Å². The highest BCUT2D eigenvalue weighted by Gasteiger charge is 2.38. The van der Waals surface area contributed by atoms with Gasteiger partial charge < -0.3 is 20.6 Å². The quantitative estimate of drug-likeness (QED) is 0.317. The van der Waals surface area contributed by atoms with Gasteiger partial charge in [-0.3, -0.25) is 4.79 Å². The molecule has 0 radical (unpaired) electrons. The lowest BCUT2D eigenvalue weighted by molar-refractivity contribution is 0.103. The van der Waals surface area contributed by atoms with Gasteiger partial charge in [0.15, 0.2) is 5.13 Å².